The topological polar surface area (TPSA) is 98.7 Å². The fourth-order valence-electron chi connectivity index (χ4n) is 1.39. The standard InChI is InChI=1S/C9H16N2O4/c1-9(2,15)7(12)10-5-3-6(4-5)11-8(13)14/h5-6,11,15H,3-4H2,1-2H3,(H,10,12)(H,13,14)/t5-,6-. The molecular formula is C9H16N2O4. The molecule has 4 N–H and O–H groups in total. The van der Waals surface area contributed by atoms with Crippen molar-refractivity contribution in [3.8, 4) is 0 Å². The third-order valence-electron chi connectivity index (χ3n) is 2.36. The number of carboxylic acid groups (broad SMARTS) is 1. The van der Waals surface area contributed by atoms with Crippen molar-refractivity contribution in [2.75, 3.05) is 0 Å². The van der Waals surface area contributed by atoms with Crippen molar-refractivity contribution < 1.29 is 19.8 Å². The zero-order valence-electron chi connectivity index (χ0n) is 8.78. The van der Waals surface area contributed by atoms with Gasteiger partial charge in [0.25, 0.3) is 5.91 Å². The smallest absolute Gasteiger partial charge is 0.404 e. The predicted octanol–water partition coefficient (Wildman–Crippen LogP) is -0.328. The second kappa shape index (κ2) is 4.06. The maximum Gasteiger partial charge on any atom is 0.404 e. The van der Waals surface area contributed by atoms with Crippen LogP contribution in [0.5, 0.6) is 0 Å². The number of aliphatic hydroxyl groups is 1. The molecule has 1 saturated carbocycles. The SMILES string of the molecule is CC(C)(O)C(=O)N[C@H]1C[C@H](NC(=O)O)C1. The lowest BCUT2D eigenvalue weighted by atomic mass is 9.86. The minimum absolute atomic E-state index is 0.0409. The molecular weight excluding hydrogens is 200 g/mol. The van der Waals surface area contributed by atoms with Crippen molar-refractivity contribution in [3.05, 3.63) is 0 Å². The maximum atomic E-state index is 11.3. The van der Waals surface area contributed by atoms with Gasteiger partial charge in [-0.3, -0.25) is 4.79 Å². The zero-order valence-corrected chi connectivity index (χ0v) is 8.78. The molecule has 0 aliphatic heterocycles. The summed E-state index contributed by atoms with van der Waals surface area (Å²) in [7, 11) is 0. The molecule has 2 amide bonds. The Morgan fingerprint density at radius 1 is 1.20 bits per heavy atom. The number of hydrogen-bond donors (Lipinski definition) is 4. The zero-order chi connectivity index (χ0) is 11.6. The minimum Gasteiger partial charge on any atom is -0.465 e. The van der Waals surface area contributed by atoms with Crippen LogP contribution in [0.1, 0.15) is 26.7 Å². The summed E-state index contributed by atoms with van der Waals surface area (Å²) in [5.74, 6) is -0.429. The molecule has 1 fully saturated rings. The van der Waals surface area contributed by atoms with E-state index in [0.29, 0.717) is 12.8 Å². The maximum absolute atomic E-state index is 11.3. The van der Waals surface area contributed by atoms with Crippen molar-refractivity contribution in [1.82, 2.24) is 10.6 Å². The van der Waals surface area contributed by atoms with Gasteiger partial charge in [-0.2, -0.15) is 0 Å². The van der Waals surface area contributed by atoms with Gasteiger partial charge >= 0.3 is 6.09 Å². The summed E-state index contributed by atoms with van der Waals surface area (Å²) < 4.78 is 0. The molecule has 1 aliphatic rings. The van der Waals surface area contributed by atoms with Crippen LogP contribution in [0.15, 0.2) is 0 Å². The monoisotopic (exact) mass is 216 g/mol. The fraction of sp³-hybridized carbons (Fsp3) is 0.778. The summed E-state index contributed by atoms with van der Waals surface area (Å²) in [4.78, 5) is 21.6. The molecule has 0 radical (unpaired) electrons. The Morgan fingerprint density at radius 2 is 1.67 bits per heavy atom. The number of carbonyl (C=O) groups is 2. The van der Waals surface area contributed by atoms with E-state index in [2.05, 4.69) is 10.6 Å². The highest BCUT2D eigenvalue weighted by molar-refractivity contribution is 5.84. The van der Waals surface area contributed by atoms with Gasteiger partial charge in [0.2, 0.25) is 0 Å². The average Bonchev–Trinajstić information content (AvgIpc) is 1.97. The molecule has 15 heavy (non-hydrogen) atoms. The minimum atomic E-state index is -1.38. The molecule has 0 aromatic rings. The Balaban J connectivity index is 2.23. The second-order valence-electron chi connectivity index (χ2n) is 4.35. The first kappa shape index (κ1) is 11.8. The lowest BCUT2D eigenvalue weighted by Gasteiger charge is -2.36. The van der Waals surface area contributed by atoms with Gasteiger partial charge in [-0.25, -0.2) is 4.79 Å². The van der Waals surface area contributed by atoms with E-state index < -0.39 is 17.6 Å². The molecule has 6 nitrogen and oxygen atoms in total. The van der Waals surface area contributed by atoms with Crippen molar-refractivity contribution in [3.63, 3.8) is 0 Å². The van der Waals surface area contributed by atoms with Crippen LogP contribution >= 0.6 is 0 Å². The van der Waals surface area contributed by atoms with Crippen LogP contribution in [0, 0.1) is 0 Å². The average molecular weight is 216 g/mol. The quantitative estimate of drug-likeness (QED) is 0.519. The van der Waals surface area contributed by atoms with E-state index >= 15 is 0 Å². The highest BCUT2D eigenvalue weighted by Gasteiger charge is 2.34. The molecule has 0 saturated heterocycles. The second-order valence-corrected chi connectivity index (χ2v) is 4.35. The summed E-state index contributed by atoms with van der Waals surface area (Å²) in [5, 5.41) is 22.7. The van der Waals surface area contributed by atoms with Gasteiger partial charge in [0.1, 0.15) is 5.60 Å². The van der Waals surface area contributed by atoms with E-state index in [-0.39, 0.29) is 12.1 Å². The van der Waals surface area contributed by atoms with E-state index in [4.69, 9.17) is 5.11 Å². The van der Waals surface area contributed by atoms with Crippen LogP contribution in [0.25, 0.3) is 0 Å². The number of carbonyl (C=O) groups excluding carboxylic acids is 1. The molecule has 6 heteroatoms. The van der Waals surface area contributed by atoms with Crippen LogP contribution in [0.3, 0.4) is 0 Å². The molecule has 0 bridgehead atoms. The van der Waals surface area contributed by atoms with E-state index in [9.17, 15) is 14.7 Å². The van der Waals surface area contributed by atoms with Crippen molar-refractivity contribution in [1.29, 1.82) is 0 Å². The highest BCUT2D eigenvalue weighted by Crippen LogP contribution is 2.20. The normalized spacial score (nSPS) is 25.3. The molecule has 86 valence electrons. The Morgan fingerprint density at radius 3 is 2.07 bits per heavy atom. The molecule has 0 heterocycles. The Hall–Kier alpha value is -1.30. The summed E-state index contributed by atoms with van der Waals surface area (Å²) in [6.45, 7) is 2.82. The first-order valence-corrected chi connectivity index (χ1v) is 4.82. The molecule has 0 unspecified atom stereocenters. The van der Waals surface area contributed by atoms with E-state index in [1.807, 2.05) is 0 Å². The molecule has 1 aliphatic carbocycles. The molecule has 0 aromatic carbocycles. The first-order valence-electron chi connectivity index (χ1n) is 4.82. The van der Waals surface area contributed by atoms with Gasteiger partial charge < -0.3 is 20.8 Å². The fourth-order valence-corrected chi connectivity index (χ4v) is 1.39. The summed E-state index contributed by atoms with van der Waals surface area (Å²) in [6.07, 6.45) is 0.106. The van der Waals surface area contributed by atoms with Crippen molar-refractivity contribution >= 4 is 12.0 Å². The molecule has 1 rings (SSSR count). The Bertz CT molecular complexity index is 266. The van der Waals surface area contributed by atoms with Crippen LogP contribution in [0.4, 0.5) is 4.79 Å². The number of rotatable bonds is 3. The number of nitrogens with one attached hydrogen (secondary N) is 2. The molecule has 0 atom stereocenters. The van der Waals surface area contributed by atoms with Gasteiger partial charge in [-0.1, -0.05) is 0 Å². The van der Waals surface area contributed by atoms with Crippen LogP contribution < -0.4 is 10.6 Å². The lowest BCUT2D eigenvalue weighted by Crippen LogP contribution is -2.56. The number of amides is 2. The van der Waals surface area contributed by atoms with Crippen molar-refractivity contribution in [2.45, 2.75) is 44.4 Å². The third kappa shape index (κ3) is 3.39. The Kier molecular flexibility index (Phi) is 3.18. The summed E-state index contributed by atoms with van der Waals surface area (Å²) in [6, 6.07) is -0.129. The number of hydrogen-bond acceptors (Lipinski definition) is 3. The van der Waals surface area contributed by atoms with E-state index in [0.717, 1.165) is 0 Å². The van der Waals surface area contributed by atoms with Crippen LogP contribution in [0.2, 0.25) is 0 Å². The molecule has 0 spiro atoms. The lowest BCUT2D eigenvalue weighted by molar-refractivity contribution is -0.137. The first-order chi connectivity index (χ1) is 6.79. The van der Waals surface area contributed by atoms with Crippen molar-refractivity contribution in [2.24, 2.45) is 0 Å². The molecule has 0 aromatic heterocycles. The van der Waals surface area contributed by atoms with Crippen LogP contribution in [-0.4, -0.2) is 39.9 Å². The third-order valence-corrected chi connectivity index (χ3v) is 2.36. The van der Waals surface area contributed by atoms with Gasteiger partial charge in [0, 0.05) is 12.1 Å². The van der Waals surface area contributed by atoms with Gasteiger partial charge in [-0.15, -0.1) is 0 Å². The van der Waals surface area contributed by atoms with Gasteiger partial charge in [0.05, 0.1) is 0 Å². The van der Waals surface area contributed by atoms with Crippen LogP contribution in [-0.2, 0) is 4.79 Å². The van der Waals surface area contributed by atoms with E-state index in [1.165, 1.54) is 13.8 Å². The predicted molar refractivity (Wildman–Crippen MR) is 52.4 cm³/mol. The largest absolute Gasteiger partial charge is 0.465 e. The summed E-state index contributed by atoms with van der Waals surface area (Å²) >= 11 is 0. The Labute approximate surface area is 87.7 Å². The van der Waals surface area contributed by atoms with E-state index in [1.54, 1.807) is 0 Å². The highest BCUT2D eigenvalue weighted by atomic mass is 16.4. The van der Waals surface area contributed by atoms with Gasteiger partial charge in [0.15, 0.2) is 0 Å². The summed E-state index contributed by atoms with van der Waals surface area (Å²) in [5.41, 5.74) is -1.38. The van der Waals surface area contributed by atoms with Gasteiger partial charge in [-0.05, 0) is 26.7 Å².